The van der Waals surface area contributed by atoms with Gasteiger partial charge in [-0.15, -0.1) is 0 Å². The van der Waals surface area contributed by atoms with E-state index in [0.29, 0.717) is 6.54 Å². The van der Waals surface area contributed by atoms with E-state index in [2.05, 4.69) is 10.6 Å². The molecule has 0 aliphatic carbocycles. The third kappa shape index (κ3) is 6.03. The van der Waals surface area contributed by atoms with Gasteiger partial charge in [-0.2, -0.15) is 0 Å². The van der Waals surface area contributed by atoms with Crippen LogP contribution >= 0.6 is 0 Å². The highest BCUT2D eigenvalue weighted by Crippen LogP contribution is 2.11. The number of nitrogens with two attached hydrogens (primary N) is 1. The Kier molecular flexibility index (Phi) is 6.54. The van der Waals surface area contributed by atoms with Crippen molar-refractivity contribution in [2.45, 2.75) is 6.10 Å². The van der Waals surface area contributed by atoms with Crippen molar-refractivity contribution in [3.8, 4) is 5.75 Å². The van der Waals surface area contributed by atoms with E-state index in [4.69, 9.17) is 10.5 Å². The molecule has 1 atom stereocenters. The lowest BCUT2D eigenvalue weighted by Gasteiger charge is -2.13. The third-order valence-electron chi connectivity index (χ3n) is 3.08. The minimum absolute atomic E-state index is 0.277. The van der Waals surface area contributed by atoms with Gasteiger partial charge in [-0.3, -0.25) is 0 Å². The lowest BCUT2D eigenvalue weighted by molar-refractivity contribution is 0.107. The molecule has 0 saturated heterocycles. The van der Waals surface area contributed by atoms with Gasteiger partial charge in [0, 0.05) is 31.0 Å². The quantitative estimate of drug-likeness (QED) is 0.419. The summed E-state index contributed by atoms with van der Waals surface area (Å²) in [6, 6.07) is 17.1. The molecule has 0 bridgehead atoms. The van der Waals surface area contributed by atoms with Crippen molar-refractivity contribution in [1.82, 2.24) is 5.32 Å². The number of hydrogen-bond acceptors (Lipinski definition) is 5. The Labute approximate surface area is 131 Å². The van der Waals surface area contributed by atoms with Crippen LogP contribution < -0.4 is 21.1 Å². The Morgan fingerprint density at radius 2 is 1.86 bits per heavy atom. The van der Waals surface area contributed by atoms with Crippen LogP contribution in [0.1, 0.15) is 0 Å². The summed E-state index contributed by atoms with van der Waals surface area (Å²) in [5, 5.41) is 16.3. The zero-order chi connectivity index (χ0) is 15.6. The number of ether oxygens (including phenoxy) is 1. The normalized spacial score (nSPS) is 11.9. The van der Waals surface area contributed by atoms with Crippen LogP contribution in [0.3, 0.4) is 0 Å². The van der Waals surface area contributed by atoms with Crippen molar-refractivity contribution in [2.24, 2.45) is 0 Å². The van der Waals surface area contributed by atoms with Gasteiger partial charge in [0.25, 0.3) is 0 Å². The lowest BCUT2D eigenvalue weighted by atomic mass is 10.3. The van der Waals surface area contributed by atoms with Crippen LogP contribution in [0, 0.1) is 0 Å². The van der Waals surface area contributed by atoms with Gasteiger partial charge in [-0.25, -0.2) is 0 Å². The maximum Gasteiger partial charge on any atom is 0.119 e. The van der Waals surface area contributed by atoms with Crippen molar-refractivity contribution in [3.63, 3.8) is 0 Å². The molecule has 118 valence electrons. The van der Waals surface area contributed by atoms with Crippen molar-refractivity contribution in [2.75, 3.05) is 37.3 Å². The van der Waals surface area contributed by atoms with E-state index in [-0.39, 0.29) is 6.61 Å². The van der Waals surface area contributed by atoms with Crippen LogP contribution in [-0.4, -0.2) is 37.5 Å². The average molecular weight is 301 g/mol. The summed E-state index contributed by atoms with van der Waals surface area (Å²) in [5.41, 5.74) is 7.44. The molecule has 0 amide bonds. The van der Waals surface area contributed by atoms with E-state index in [0.717, 1.165) is 30.2 Å². The first kappa shape index (κ1) is 16.1. The fourth-order valence-corrected chi connectivity index (χ4v) is 1.98. The van der Waals surface area contributed by atoms with Crippen LogP contribution in [0.15, 0.2) is 54.6 Å². The van der Waals surface area contributed by atoms with Crippen molar-refractivity contribution < 1.29 is 9.84 Å². The molecule has 0 aromatic heterocycles. The predicted octanol–water partition coefficient (Wildman–Crippen LogP) is 1.71. The number of aliphatic hydroxyl groups excluding tert-OH is 1. The number of benzene rings is 2. The number of hydrogen-bond donors (Lipinski definition) is 4. The highest BCUT2D eigenvalue weighted by Gasteiger charge is 2.04. The fraction of sp³-hybridized carbons (Fsp3) is 0.294. The second-order valence-electron chi connectivity index (χ2n) is 5.03. The van der Waals surface area contributed by atoms with Gasteiger partial charge < -0.3 is 26.2 Å². The van der Waals surface area contributed by atoms with Crippen LogP contribution in [0.2, 0.25) is 0 Å². The van der Waals surface area contributed by atoms with E-state index in [1.165, 1.54) is 0 Å². The Balaban J connectivity index is 1.54. The minimum atomic E-state index is -0.535. The standard InChI is InChI=1S/C17H23N3O2/c18-14-5-4-6-15(11-14)20-10-9-19-12-16(21)13-22-17-7-2-1-3-8-17/h1-8,11,16,19-21H,9-10,12-13,18H2. The summed E-state index contributed by atoms with van der Waals surface area (Å²) in [6.45, 7) is 2.28. The van der Waals surface area contributed by atoms with Crippen molar-refractivity contribution in [3.05, 3.63) is 54.6 Å². The molecule has 0 aliphatic heterocycles. The van der Waals surface area contributed by atoms with E-state index < -0.39 is 6.10 Å². The molecular weight excluding hydrogens is 278 g/mol. The topological polar surface area (TPSA) is 79.5 Å². The predicted molar refractivity (Wildman–Crippen MR) is 90.2 cm³/mol. The second-order valence-corrected chi connectivity index (χ2v) is 5.03. The molecule has 2 rings (SSSR count). The average Bonchev–Trinajstić information content (AvgIpc) is 2.54. The molecule has 2 aromatic rings. The molecule has 0 saturated carbocycles. The number of rotatable bonds is 9. The van der Waals surface area contributed by atoms with E-state index >= 15 is 0 Å². The molecule has 5 nitrogen and oxygen atoms in total. The molecule has 2 aromatic carbocycles. The fourth-order valence-electron chi connectivity index (χ4n) is 1.98. The largest absolute Gasteiger partial charge is 0.491 e. The van der Waals surface area contributed by atoms with Gasteiger partial charge >= 0.3 is 0 Å². The Morgan fingerprint density at radius 1 is 1.05 bits per heavy atom. The summed E-state index contributed by atoms with van der Waals surface area (Å²) in [4.78, 5) is 0. The Hall–Kier alpha value is -2.24. The number of anilines is 2. The number of para-hydroxylation sites is 1. The monoisotopic (exact) mass is 301 g/mol. The smallest absolute Gasteiger partial charge is 0.119 e. The van der Waals surface area contributed by atoms with Crippen molar-refractivity contribution in [1.29, 1.82) is 0 Å². The van der Waals surface area contributed by atoms with Crippen LogP contribution in [0.5, 0.6) is 5.75 Å². The molecular formula is C17H23N3O2. The molecule has 1 unspecified atom stereocenters. The number of aliphatic hydroxyl groups is 1. The molecule has 0 aliphatic rings. The van der Waals surface area contributed by atoms with E-state index in [1.54, 1.807) is 0 Å². The van der Waals surface area contributed by atoms with Gasteiger partial charge in [-0.1, -0.05) is 24.3 Å². The summed E-state index contributed by atoms with van der Waals surface area (Å²) < 4.78 is 5.49. The third-order valence-corrected chi connectivity index (χ3v) is 3.08. The molecule has 0 heterocycles. The lowest BCUT2D eigenvalue weighted by Crippen LogP contribution is -2.34. The molecule has 0 radical (unpaired) electrons. The van der Waals surface area contributed by atoms with Crippen molar-refractivity contribution >= 4 is 11.4 Å². The van der Waals surface area contributed by atoms with Crippen LogP contribution in [0.4, 0.5) is 11.4 Å². The van der Waals surface area contributed by atoms with E-state index in [9.17, 15) is 5.11 Å². The molecule has 0 spiro atoms. The first-order chi connectivity index (χ1) is 10.7. The van der Waals surface area contributed by atoms with Crippen LogP contribution in [0.25, 0.3) is 0 Å². The van der Waals surface area contributed by atoms with Crippen LogP contribution in [-0.2, 0) is 0 Å². The Morgan fingerprint density at radius 3 is 2.64 bits per heavy atom. The minimum Gasteiger partial charge on any atom is -0.491 e. The molecule has 22 heavy (non-hydrogen) atoms. The maximum absolute atomic E-state index is 9.84. The van der Waals surface area contributed by atoms with Gasteiger partial charge in [0.1, 0.15) is 18.5 Å². The SMILES string of the molecule is Nc1cccc(NCCNCC(O)COc2ccccc2)c1. The van der Waals surface area contributed by atoms with Gasteiger partial charge in [0.05, 0.1) is 0 Å². The molecule has 5 N–H and O–H groups in total. The zero-order valence-electron chi connectivity index (χ0n) is 12.5. The summed E-state index contributed by atoms with van der Waals surface area (Å²) in [6.07, 6.45) is -0.535. The second kappa shape index (κ2) is 8.92. The summed E-state index contributed by atoms with van der Waals surface area (Å²) >= 11 is 0. The van der Waals surface area contributed by atoms with Gasteiger partial charge in [-0.05, 0) is 30.3 Å². The van der Waals surface area contributed by atoms with E-state index in [1.807, 2.05) is 54.6 Å². The molecule has 0 fully saturated rings. The number of nitrogens with one attached hydrogen (secondary N) is 2. The van der Waals surface area contributed by atoms with Gasteiger partial charge in [0.15, 0.2) is 0 Å². The van der Waals surface area contributed by atoms with Gasteiger partial charge in [0.2, 0.25) is 0 Å². The highest BCUT2D eigenvalue weighted by molar-refractivity contribution is 5.53. The first-order valence-corrected chi connectivity index (χ1v) is 7.40. The number of nitrogen functional groups attached to an aromatic ring is 1. The Bertz CT molecular complexity index is 549. The highest BCUT2D eigenvalue weighted by atomic mass is 16.5. The first-order valence-electron chi connectivity index (χ1n) is 7.40. The maximum atomic E-state index is 9.84. The summed E-state index contributed by atoms with van der Waals surface area (Å²) in [7, 11) is 0. The zero-order valence-corrected chi connectivity index (χ0v) is 12.5. The molecule has 5 heteroatoms. The summed E-state index contributed by atoms with van der Waals surface area (Å²) in [5.74, 6) is 0.768.